The average molecular weight is 378 g/mol. The first-order valence-electron chi connectivity index (χ1n) is 9.57. The van der Waals surface area contributed by atoms with Crippen LogP contribution in [0.3, 0.4) is 0 Å². The molecule has 4 rings (SSSR count). The SMILES string of the molecule is CN1CCO[C@H](CNC(=O)c2nc3c(o2)CCN(C(=O)[C@@H]2CCCO2)C3)C1. The Bertz CT molecular complexity index is 700. The fourth-order valence-electron chi connectivity index (χ4n) is 3.73. The van der Waals surface area contributed by atoms with Crippen LogP contribution in [0.5, 0.6) is 0 Å². The van der Waals surface area contributed by atoms with E-state index in [-0.39, 0.29) is 29.9 Å². The fourth-order valence-corrected chi connectivity index (χ4v) is 3.73. The molecule has 3 aliphatic heterocycles. The summed E-state index contributed by atoms with van der Waals surface area (Å²) in [7, 11) is 2.03. The number of morpholine rings is 1. The van der Waals surface area contributed by atoms with E-state index in [1.807, 2.05) is 7.05 Å². The minimum Gasteiger partial charge on any atom is -0.437 e. The molecular formula is C18H26N4O5. The third-order valence-corrected chi connectivity index (χ3v) is 5.27. The topological polar surface area (TPSA) is 97.1 Å². The zero-order valence-electron chi connectivity index (χ0n) is 15.6. The van der Waals surface area contributed by atoms with Crippen LogP contribution in [0.15, 0.2) is 4.42 Å². The molecule has 3 aliphatic rings. The van der Waals surface area contributed by atoms with Crippen LogP contribution in [0.1, 0.15) is 35.0 Å². The third-order valence-electron chi connectivity index (χ3n) is 5.27. The summed E-state index contributed by atoms with van der Waals surface area (Å²) in [5.41, 5.74) is 0.659. The first kappa shape index (κ1) is 18.4. The van der Waals surface area contributed by atoms with Crippen molar-refractivity contribution in [2.45, 2.75) is 38.0 Å². The van der Waals surface area contributed by atoms with Crippen LogP contribution in [0.25, 0.3) is 0 Å². The Morgan fingerprint density at radius 3 is 2.93 bits per heavy atom. The number of rotatable bonds is 4. The second kappa shape index (κ2) is 7.95. The number of nitrogens with one attached hydrogen (secondary N) is 1. The van der Waals surface area contributed by atoms with Crippen LogP contribution in [0.4, 0.5) is 0 Å². The lowest BCUT2D eigenvalue weighted by molar-refractivity contribution is -0.142. The summed E-state index contributed by atoms with van der Waals surface area (Å²) < 4.78 is 16.8. The number of carbonyl (C=O) groups excluding carboxylic acids is 2. The van der Waals surface area contributed by atoms with Crippen molar-refractivity contribution in [1.82, 2.24) is 20.1 Å². The maximum Gasteiger partial charge on any atom is 0.307 e. The molecule has 4 heterocycles. The van der Waals surface area contributed by atoms with Crippen molar-refractivity contribution in [3.05, 3.63) is 17.3 Å². The van der Waals surface area contributed by atoms with Crippen LogP contribution < -0.4 is 5.32 Å². The molecule has 0 aliphatic carbocycles. The lowest BCUT2D eigenvalue weighted by Gasteiger charge is -2.29. The standard InChI is InChI=1S/C18H26N4O5/c1-21-6-8-25-12(10-21)9-19-16(23)17-20-13-11-22(5-4-14(13)27-17)18(24)15-3-2-7-26-15/h12,15H,2-11H2,1H3,(H,19,23)/t12-,15+/m1/s1. The van der Waals surface area contributed by atoms with Gasteiger partial charge in [-0.15, -0.1) is 0 Å². The number of hydrogen-bond acceptors (Lipinski definition) is 7. The van der Waals surface area contributed by atoms with E-state index in [2.05, 4.69) is 15.2 Å². The molecule has 0 radical (unpaired) electrons. The molecule has 0 saturated carbocycles. The summed E-state index contributed by atoms with van der Waals surface area (Å²) in [5, 5.41) is 2.83. The van der Waals surface area contributed by atoms with E-state index in [1.165, 1.54) is 0 Å². The van der Waals surface area contributed by atoms with E-state index < -0.39 is 0 Å². The largest absolute Gasteiger partial charge is 0.437 e. The van der Waals surface area contributed by atoms with Gasteiger partial charge in [0, 0.05) is 39.2 Å². The van der Waals surface area contributed by atoms with Crippen molar-refractivity contribution in [3.8, 4) is 0 Å². The minimum absolute atomic E-state index is 0.00530. The van der Waals surface area contributed by atoms with Gasteiger partial charge < -0.3 is 29.0 Å². The summed E-state index contributed by atoms with van der Waals surface area (Å²) in [6.07, 6.45) is 1.88. The van der Waals surface area contributed by atoms with Gasteiger partial charge in [-0.1, -0.05) is 0 Å². The van der Waals surface area contributed by atoms with E-state index in [0.717, 1.165) is 25.9 Å². The molecule has 1 aromatic rings. The van der Waals surface area contributed by atoms with E-state index in [9.17, 15) is 9.59 Å². The number of amides is 2. The van der Waals surface area contributed by atoms with Gasteiger partial charge in [0.1, 0.15) is 17.6 Å². The normalized spacial score (nSPS) is 26.0. The van der Waals surface area contributed by atoms with Gasteiger partial charge in [-0.3, -0.25) is 9.59 Å². The highest BCUT2D eigenvalue weighted by atomic mass is 16.5. The second-order valence-electron chi connectivity index (χ2n) is 7.37. The highest BCUT2D eigenvalue weighted by Gasteiger charge is 2.33. The predicted octanol–water partition coefficient (Wildman–Crippen LogP) is -0.201. The van der Waals surface area contributed by atoms with Gasteiger partial charge in [-0.2, -0.15) is 0 Å². The van der Waals surface area contributed by atoms with Gasteiger partial charge >= 0.3 is 5.91 Å². The van der Waals surface area contributed by atoms with Crippen LogP contribution in [-0.4, -0.2) is 85.2 Å². The van der Waals surface area contributed by atoms with Crippen LogP contribution in [-0.2, 0) is 27.2 Å². The van der Waals surface area contributed by atoms with Gasteiger partial charge in [0.05, 0.1) is 19.3 Å². The summed E-state index contributed by atoms with van der Waals surface area (Å²) >= 11 is 0. The van der Waals surface area contributed by atoms with Crippen molar-refractivity contribution in [1.29, 1.82) is 0 Å². The Kier molecular flexibility index (Phi) is 5.42. The van der Waals surface area contributed by atoms with E-state index in [4.69, 9.17) is 13.9 Å². The number of likely N-dealkylation sites (N-methyl/N-ethyl adjacent to an activating group) is 1. The van der Waals surface area contributed by atoms with Gasteiger partial charge in [0.15, 0.2) is 0 Å². The fraction of sp³-hybridized carbons (Fsp3) is 0.722. The van der Waals surface area contributed by atoms with Gasteiger partial charge in [-0.25, -0.2) is 4.98 Å². The molecule has 2 fully saturated rings. The van der Waals surface area contributed by atoms with E-state index >= 15 is 0 Å². The second-order valence-corrected chi connectivity index (χ2v) is 7.37. The molecule has 0 spiro atoms. The van der Waals surface area contributed by atoms with Crippen molar-refractivity contribution in [2.75, 3.05) is 46.4 Å². The molecule has 9 heteroatoms. The van der Waals surface area contributed by atoms with E-state index in [1.54, 1.807) is 4.90 Å². The number of oxazole rings is 1. The summed E-state index contributed by atoms with van der Waals surface area (Å²) in [6.45, 7) is 4.33. The van der Waals surface area contributed by atoms with Crippen molar-refractivity contribution in [2.24, 2.45) is 0 Å². The molecule has 9 nitrogen and oxygen atoms in total. The number of hydrogen-bond donors (Lipinski definition) is 1. The first-order chi connectivity index (χ1) is 13.1. The highest BCUT2D eigenvalue weighted by Crippen LogP contribution is 2.23. The monoisotopic (exact) mass is 378 g/mol. The van der Waals surface area contributed by atoms with Gasteiger partial charge in [-0.05, 0) is 19.9 Å². The molecule has 2 saturated heterocycles. The number of fused-ring (bicyclic) bond motifs is 1. The van der Waals surface area contributed by atoms with Crippen molar-refractivity contribution >= 4 is 11.8 Å². The highest BCUT2D eigenvalue weighted by molar-refractivity contribution is 5.89. The molecule has 2 amide bonds. The predicted molar refractivity (Wildman–Crippen MR) is 94.2 cm³/mol. The molecule has 27 heavy (non-hydrogen) atoms. The quantitative estimate of drug-likeness (QED) is 0.775. The Hall–Kier alpha value is -1.97. The molecule has 0 aromatic carbocycles. The Balaban J connectivity index is 1.33. The number of ether oxygens (including phenoxy) is 2. The molecule has 1 N–H and O–H groups in total. The lowest BCUT2D eigenvalue weighted by atomic mass is 10.1. The first-order valence-corrected chi connectivity index (χ1v) is 9.57. The van der Waals surface area contributed by atoms with Crippen molar-refractivity contribution in [3.63, 3.8) is 0 Å². The minimum atomic E-state index is -0.349. The van der Waals surface area contributed by atoms with Crippen LogP contribution in [0, 0.1) is 0 Å². The van der Waals surface area contributed by atoms with Gasteiger partial charge in [0.25, 0.3) is 11.8 Å². The summed E-state index contributed by atoms with van der Waals surface area (Å²) in [5.74, 6) is 0.393. The summed E-state index contributed by atoms with van der Waals surface area (Å²) in [4.78, 5) is 33.1. The number of carbonyl (C=O) groups is 2. The Morgan fingerprint density at radius 1 is 1.26 bits per heavy atom. The van der Waals surface area contributed by atoms with E-state index in [0.29, 0.717) is 50.7 Å². The molecular weight excluding hydrogens is 352 g/mol. The lowest BCUT2D eigenvalue weighted by Crippen LogP contribution is -2.46. The summed E-state index contributed by atoms with van der Waals surface area (Å²) in [6, 6.07) is 0. The molecule has 0 unspecified atom stereocenters. The molecule has 0 bridgehead atoms. The van der Waals surface area contributed by atoms with Crippen LogP contribution >= 0.6 is 0 Å². The van der Waals surface area contributed by atoms with Crippen molar-refractivity contribution < 1.29 is 23.5 Å². The average Bonchev–Trinajstić information content (AvgIpc) is 3.34. The number of aromatic nitrogens is 1. The zero-order chi connectivity index (χ0) is 18.8. The zero-order valence-corrected chi connectivity index (χ0v) is 15.6. The van der Waals surface area contributed by atoms with Gasteiger partial charge in [0.2, 0.25) is 0 Å². The Morgan fingerprint density at radius 2 is 2.15 bits per heavy atom. The Labute approximate surface area is 158 Å². The van der Waals surface area contributed by atoms with Crippen LogP contribution in [0.2, 0.25) is 0 Å². The smallest absolute Gasteiger partial charge is 0.307 e. The maximum absolute atomic E-state index is 12.5. The molecule has 1 aromatic heterocycles. The molecule has 2 atom stereocenters. The third kappa shape index (κ3) is 4.15. The molecule has 148 valence electrons. The maximum atomic E-state index is 12.5. The number of nitrogens with zero attached hydrogens (tertiary/aromatic N) is 3.